The quantitative estimate of drug-likeness (QED) is 0.594. The molecule has 0 saturated heterocycles. The van der Waals surface area contributed by atoms with Crippen molar-refractivity contribution >= 4 is 50.7 Å². The number of carbonyl (C=O) groups is 1. The summed E-state index contributed by atoms with van der Waals surface area (Å²) in [5.74, 6) is -0.267. The smallest absolute Gasteiger partial charge is 0.273 e. The molecule has 0 atom stereocenters. The molecule has 0 radical (unpaired) electrons. The van der Waals surface area contributed by atoms with Gasteiger partial charge in [0.15, 0.2) is 9.99 Å². The number of hydrogen-bond acceptors (Lipinski definition) is 7. The van der Waals surface area contributed by atoms with E-state index in [1.807, 2.05) is 25.3 Å². The van der Waals surface area contributed by atoms with E-state index in [2.05, 4.69) is 40.1 Å². The summed E-state index contributed by atoms with van der Waals surface area (Å²) in [4.78, 5) is 35.8. The summed E-state index contributed by atoms with van der Waals surface area (Å²) < 4.78 is 2.57. The van der Waals surface area contributed by atoms with Crippen LogP contribution in [0, 0.1) is 6.92 Å². The van der Waals surface area contributed by atoms with Gasteiger partial charge in [0, 0.05) is 24.5 Å². The van der Waals surface area contributed by atoms with Crippen LogP contribution in [-0.4, -0.2) is 39.8 Å². The Kier molecular flexibility index (Phi) is 6.35. The maximum atomic E-state index is 12.6. The van der Waals surface area contributed by atoms with Gasteiger partial charge in [0.25, 0.3) is 5.56 Å². The van der Waals surface area contributed by atoms with E-state index >= 15 is 0 Å². The maximum Gasteiger partial charge on any atom is 0.273 e. The highest BCUT2D eigenvalue weighted by Gasteiger charge is 2.13. The van der Waals surface area contributed by atoms with Gasteiger partial charge in [-0.05, 0) is 50.8 Å². The van der Waals surface area contributed by atoms with Crippen LogP contribution in [-0.2, 0) is 11.3 Å². The number of thiazole rings is 1. The van der Waals surface area contributed by atoms with Crippen LogP contribution in [0.5, 0.6) is 0 Å². The van der Waals surface area contributed by atoms with Crippen molar-refractivity contribution in [2.24, 2.45) is 0 Å². The molecule has 0 spiro atoms. The Bertz CT molecular complexity index is 1060. The minimum absolute atomic E-state index is 0.0918. The number of benzene rings is 1. The van der Waals surface area contributed by atoms with Gasteiger partial charge in [0.05, 0.1) is 0 Å². The van der Waals surface area contributed by atoms with Gasteiger partial charge in [-0.25, -0.2) is 9.97 Å². The first-order valence-electron chi connectivity index (χ1n) is 9.02. The van der Waals surface area contributed by atoms with Gasteiger partial charge in [-0.15, -0.1) is 11.3 Å². The second kappa shape index (κ2) is 8.74. The first-order valence-corrected chi connectivity index (χ1v) is 11.1. The van der Waals surface area contributed by atoms with Crippen molar-refractivity contribution in [2.75, 3.05) is 29.6 Å². The molecule has 0 aliphatic rings. The number of aryl methyl sites for hydroxylation is 1. The van der Waals surface area contributed by atoms with E-state index in [0.717, 1.165) is 34.4 Å². The summed E-state index contributed by atoms with van der Waals surface area (Å²) in [6.45, 7) is 7.95. The van der Waals surface area contributed by atoms with E-state index in [1.165, 1.54) is 34.0 Å². The Morgan fingerprint density at radius 2 is 2.07 bits per heavy atom. The van der Waals surface area contributed by atoms with Crippen LogP contribution in [0.2, 0.25) is 0 Å². The molecule has 3 rings (SSSR count). The number of carbonyl (C=O) groups excluding carboxylic acids is 1. The lowest BCUT2D eigenvalue weighted by Gasteiger charge is -2.22. The third-order valence-corrected chi connectivity index (χ3v) is 6.48. The van der Waals surface area contributed by atoms with Crippen molar-refractivity contribution < 1.29 is 4.79 Å². The molecule has 1 amide bonds. The highest BCUT2D eigenvalue weighted by molar-refractivity contribution is 8.00. The predicted molar refractivity (Wildman–Crippen MR) is 117 cm³/mol. The number of thioether (sulfide) groups is 1. The first kappa shape index (κ1) is 20.3. The number of nitrogens with one attached hydrogen (secondary N) is 1. The second-order valence-corrected chi connectivity index (χ2v) is 8.29. The predicted octanol–water partition coefficient (Wildman–Crippen LogP) is 3.37. The molecule has 148 valence electrons. The third kappa shape index (κ3) is 4.20. The Balaban J connectivity index is 1.76. The fourth-order valence-electron chi connectivity index (χ4n) is 2.94. The molecule has 0 bridgehead atoms. The van der Waals surface area contributed by atoms with Gasteiger partial charge in [-0.1, -0.05) is 11.8 Å². The lowest BCUT2D eigenvalue weighted by Crippen LogP contribution is -2.27. The largest absolute Gasteiger partial charge is 0.372 e. The maximum absolute atomic E-state index is 12.6. The second-order valence-electron chi connectivity index (χ2n) is 6.23. The Morgan fingerprint density at radius 1 is 1.32 bits per heavy atom. The van der Waals surface area contributed by atoms with Gasteiger partial charge >= 0.3 is 0 Å². The SMILES string of the molecule is CCN(CC)c1ccc(NC(=O)Cn2cnc3nc(SC)sc3c2=O)c(C)c1. The molecule has 1 aromatic carbocycles. The molecule has 7 nitrogen and oxygen atoms in total. The zero-order valence-electron chi connectivity index (χ0n) is 16.4. The lowest BCUT2D eigenvalue weighted by molar-refractivity contribution is -0.116. The molecule has 0 aliphatic heterocycles. The average Bonchev–Trinajstić information content (AvgIpc) is 3.11. The van der Waals surface area contributed by atoms with Crippen LogP contribution in [0.4, 0.5) is 11.4 Å². The van der Waals surface area contributed by atoms with Gasteiger partial charge in [-0.3, -0.25) is 14.2 Å². The average molecular weight is 418 g/mol. The number of anilines is 2. The number of fused-ring (bicyclic) bond motifs is 1. The minimum atomic E-state index is -0.267. The molecule has 3 aromatic rings. The summed E-state index contributed by atoms with van der Waals surface area (Å²) in [5.41, 5.74) is 3.03. The summed E-state index contributed by atoms with van der Waals surface area (Å²) in [6, 6.07) is 5.96. The zero-order chi connectivity index (χ0) is 20.3. The molecule has 0 unspecified atom stereocenters. The van der Waals surface area contributed by atoms with E-state index in [9.17, 15) is 9.59 Å². The van der Waals surface area contributed by atoms with E-state index in [0.29, 0.717) is 10.3 Å². The zero-order valence-corrected chi connectivity index (χ0v) is 18.0. The summed E-state index contributed by atoms with van der Waals surface area (Å²) in [5, 5.41) is 2.89. The van der Waals surface area contributed by atoms with Crippen LogP contribution in [0.15, 0.2) is 33.7 Å². The van der Waals surface area contributed by atoms with E-state index in [-0.39, 0.29) is 18.0 Å². The molecule has 0 aliphatic carbocycles. The minimum Gasteiger partial charge on any atom is -0.372 e. The number of rotatable bonds is 7. The molecule has 0 saturated carbocycles. The van der Waals surface area contributed by atoms with Crippen molar-refractivity contribution in [3.8, 4) is 0 Å². The van der Waals surface area contributed by atoms with Crippen LogP contribution in [0.3, 0.4) is 0 Å². The van der Waals surface area contributed by atoms with Gasteiger partial charge in [0.2, 0.25) is 5.91 Å². The topological polar surface area (TPSA) is 80.1 Å². The fourth-order valence-corrected chi connectivity index (χ4v) is 4.41. The Hall–Kier alpha value is -2.39. The summed E-state index contributed by atoms with van der Waals surface area (Å²) in [7, 11) is 0. The van der Waals surface area contributed by atoms with Crippen LogP contribution in [0.25, 0.3) is 10.3 Å². The molecule has 1 N–H and O–H groups in total. The molecule has 0 fully saturated rings. The summed E-state index contributed by atoms with van der Waals surface area (Å²) >= 11 is 2.77. The van der Waals surface area contributed by atoms with Gasteiger partial charge < -0.3 is 10.2 Å². The lowest BCUT2D eigenvalue weighted by atomic mass is 10.1. The van der Waals surface area contributed by atoms with Crippen molar-refractivity contribution in [1.29, 1.82) is 0 Å². The van der Waals surface area contributed by atoms with Crippen molar-refractivity contribution in [1.82, 2.24) is 14.5 Å². The van der Waals surface area contributed by atoms with Crippen molar-refractivity contribution in [3.63, 3.8) is 0 Å². The van der Waals surface area contributed by atoms with Gasteiger partial charge in [-0.2, -0.15) is 0 Å². The molecule has 28 heavy (non-hydrogen) atoms. The highest BCUT2D eigenvalue weighted by atomic mass is 32.2. The third-order valence-electron chi connectivity index (χ3n) is 4.47. The molecule has 9 heteroatoms. The fraction of sp³-hybridized carbons (Fsp3) is 0.368. The van der Waals surface area contributed by atoms with Crippen molar-refractivity contribution in [3.05, 3.63) is 40.4 Å². The number of nitrogens with zero attached hydrogens (tertiary/aromatic N) is 4. The molecule has 2 aromatic heterocycles. The number of amides is 1. The summed E-state index contributed by atoms with van der Waals surface area (Å²) in [6.07, 6.45) is 3.28. The van der Waals surface area contributed by atoms with Crippen LogP contribution in [0.1, 0.15) is 19.4 Å². The molecular weight excluding hydrogens is 394 g/mol. The van der Waals surface area contributed by atoms with Crippen molar-refractivity contribution in [2.45, 2.75) is 31.7 Å². The monoisotopic (exact) mass is 417 g/mol. The number of hydrogen-bond donors (Lipinski definition) is 1. The Morgan fingerprint density at radius 3 is 2.71 bits per heavy atom. The van der Waals surface area contributed by atoms with E-state index in [1.54, 1.807) is 0 Å². The van der Waals surface area contributed by atoms with E-state index in [4.69, 9.17) is 0 Å². The number of aromatic nitrogens is 3. The molecule has 2 heterocycles. The Labute approximate surface area is 171 Å². The standard InChI is InChI=1S/C19H23N5O2S2/c1-5-23(6-2)13-7-8-14(12(3)9-13)21-15(25)10-24-11-20-17-16(18(24)26)28-19(22-17)27-4/h7-9,11H,5-6,10H2,1-4H3,(H,21,25). The normalized spacial score (nSPS) is 11.0. The first-order chi connectivity index (χ1) is 13.5. The van der Waals surface area contributed by atoms with Crippen LogP contribution >= 0.6 is 23.1 Å². The molecular formula is C19H23N5O2S2. The highest BCUT2D eigenvalue weighted by Crippen LogP contribution is 2.24. The van der Waals surface area contributed by atoms with Crippen LogP contribution < -0.4 is 15.8 Å². The van der Waals surface area contributed by atoms with E-state index < -0.39 is 0 Å². The van der Waals surface area contributed by atoms with Gasteiger partial charge in [0.1, 0.15) is 17.6 Å².